The fourth-order valence-electron chi connectivity index (χ4n) is 1.33. The zero-order valence-corrected chi connectivity index (χ0v) is 8.04. The average Bonchev–Trinajstić information content (AvgIpc) is 2.29. The van der Waals surface area contributed by atoms with Crippen LogP contribution in [0.3, 0.4) is 0 Å². The van der Waals surface area contributed by atoms with Crippen LogP contribution in [-0.4, -0.2) is 9.78 Å². The Bertz CT molecular complexity index is 250. The van der Waals surface area contributed by atoms with E-state index in [9.17, 15) is 0 Å². The van der Waals surface area contributed by atoms with E-state index in [1.807, 2.05) is 10.7 Å². The summed E-state index contributed by atoms with van der Waals surface area (Å²) in [5.74, 6) is 1.29. The van der Waals surface area contributed by atoms with Crippen LogP contribution in [0, 0.1) is 5.92 Å². The Morgan fingerprint density at radius 1 is 1.58 bits per heavy atom. The van der Waals surface area contributed by atoms with Gasteiger partial charge in [-0.25, -0.2) is 0 Å². The van der Waals surface area contributed by atoms with E-state index in [2.05, 4.69) is 25.9 Å². The molecule has 1 rings (SSSR count). The highest BCUT2D eigenvalue weighted by Gasteiger charge is 2.05. The summed E-state index contributed by atoms with van der Waals surface area (Å²) < 4.78 is 1.97. The number of nitrogens with zero attached hydrogens (tertiary/aromatic N) is 2. The molecular weight excluding hydrogens is 150 g/mol. The Morgan fingerprint density at radius 2 is 2.25 bits per heavy atom. The van der Waals surface area contributed by atoms with Gasteiger partial charge in [0.15, 0.2) is 0 Å². The summed E-state index contributed by atoms with van der Waals surface area (Å²) in [6, 6.07) is 1.96. The van der Waals surface area contributed by atoms with Gasteiger partial charge < -0.3 is 5.73 Å². The van der Waals surface area contributed by atoms with Crippen molar-refractivity contribution in [2.75, 3.05) is 5.73 Å². The Morgan fingerprint density at radius 3 is 2.75 bits per heavy atom. The molecule has 0 unspecified atom stereocenters. The maximum Gasteiger partial charge on any atom is 0.145 e. The molecule has 0 aromatic carbocycles. The van der Waals surface area contributed by atoms with Crippen LogP contribution in [0.15, 0.2) is 6.07 Å². The van der Waals surface area contributed by atoms with Gasteiger partial charge in [-0.3, -0.25) is 4.68 Å². The second kappa shape index (κ2) is 3.61. The van der Waals surface area contributed by atoms with Crippen LogP contribution < -0.4 is 5.73 Å². The molecule has 0 saturated heterocycles. The molecule has 0 atom stereocenters. The Labute approximate surface area is 73.6 Å². The van der Waals surface area contributed by atoms with Gasteiger partial charge in [0.1, 0.15) is 5.82 Å². The highest BCUT2D eigenvalue weighted by atomic mass is 15.3. The first kappa shape index (κ1) is 9.10. The van der Waals surface area contributed by atoms with Crippen molar-refractivity contribution >= 4 is 5.82 Å². The Balaban J connectivity index is 2.81. The van der Waals surface area contributed by atoms with E-state index in [1.54, 1.807) is 0 Å². The van der Waals surface area contributed by atoms with Crippen molar-refractivity contribution < 1.29 is 0 Å². The number of hydrogen-bond donors (Lipinski definition) is 1. The molecule has 0 saturated carbocycles. The molecular formula is C9H17N3. The van der Waals surface area contributed by atoms with Gasteiger partial charge in [-0.2, -0.15) is 5.10 Å². The Hall–Kier alpha value is -0.990. The molecule has 1 aromatic heterocycles. The van der Waals surface area contributed by atoms with Crippen molar-refractivity contribution in [3.8, 4) is 0 Å². The molecule has 1 heterocycles. The predicted molar refractivity (Wildman–Crippen MR) is 50.9 cm³/mol. The number of nitrogen functional groups attached to an aromatic ring is 1. The van der Waals surface area contributed by atoms with Gasteiger partial charge in [-0.1, -0.05) is 13.8 Å². The first-order valence-corrected chi connectivity index (χ1v) is 4.45. The van der Waals surface area contributed by atoms with Crippen molar-refractivity contribution in [3.63, 3.8) is 0 Å². The fraction of sp³-hybridized carbons (Fsp3) is 0.667. The molecule has 3 nitrogen and oxygen atoms in total. The molecule has 0 spiro atoms. The van der Waals surface area contributed by atoms with Gasteiger partial charge in [0.25, 0.3) is 0 Å². The standard InChI is InChI=1S/C9H17N3/c1-4-12-8(5-7(2)3)6-9(10)11-12/h6-7H,4-5H2,1-3H3,(H2,10,11). The third kappa shape index (κ3) is 2.00. The number of nitrogens with two attached hydrogens (primary N) is 1. The predicted octanol–water partition coefficient (Wildman–Crippen LogP) is 1.68. The van der Waals surface area contributed by atoms with Crippen LogP contribution in [0.2, 0.25) is 0 Å². The number of hydrogen-bond acceptors (Lipinski definition) is 2. The zero-order valence-electron chi connectivity index (χ0n) is 8.04. The molecule has 68 valence electrons. The largest absolute Gasteiger partial charge is 0.382 e. The number of aromatic nitrogens is 2. The summed E-state index contributed by atoms with van der Waals surface area (Å²) in [4.78, 5) is 0. The maximum atomic E-state index is 5.60. The van der Waals surface area contributed by atoms with E-state index in [4.69, 9.17) is 5.73 Å². The third-order valence-electron chi connectivity index (χ3n) is 1.80. The molecule has 1 aromatic rings. The zero-order chi connectivity index (χ0) is 9.14. The minimum Gasteiger partial charge on any atom is -0.382 e. The lowest BCUT2D eigenvalue weighted by Gasteiger charge is -2.05. The second-order valence-electron chi connectivity index (χ2n) is 3.47. The van der Waals surface area contributed by atoms with Crippen molar-refractivity contribution in [1.82, 2.24) is 9.78 Å². The van der Waals surface area contributed by atoms with Gasteiger partial charge in [0, 0.05) is 18.3 Å². The van der Waals surface area contributed by atoms with Crippen molar-refractivity contribution in [3.05, 3.63) is 11.8 Å². The Kier molecular flexibility index (Phi) is 2.74. The monoisotopic (exact) mass is 167 g/mol. The highest BCUT2D eigenvalue weighted by molar-refractivity contribution is 5.29. The van der Waals surface area contributed by atoms with Crippen molar-refractivity contribution in [2.24, 2.45) is 5.92 Å². The molecule has 2 N–H and O–H groups in total. The van der Waals surface area contributed by atoms with Crippen LogP contribution >= 0.6 is 0 Å². The number of aryl methyl sites for hydroxylation is 1. The second-order valence-corrected chi connectivity index (χ2v) is 3.47. The van der Waals surface area contributed by atoms with E-state index in [0.29, 0.717) is 11.7 Å². The van der Waals surface area contributed by atoms with E-state index >= 15 is 0 Å². The van der Waals surface area contributed by atoms with E-state index in [1.165, 1.54) is 5.69 Å². The van der Waals surface area contributed by atoms with Gasteiger partial charge in [-0.05, 0) is 19.3 Å². The van der Waals surface area contributed by atoms with Gasteiger partial charge in [-0.15, -0.1) is 0 Å². The maximum absolute atomic E-state index is 5.60. The van der Waals surface area contributed by atoms with E-state index in [0.717, 1.165) is 13.0 Å². The molecule has 0 aliphatic carbocycles. The normalized spacial score (nSPS) is 11.0. The lowest BCUT2D eigenvalue weighted by atomic mass is 10.1. The lowest BCUT2D eigenvalue weighted by Crippen LogP contribution is -2.05. The van der Waals surface area contributed by atoms with E-state index < -0.39 is 0 Å². The van der Waals surface area contributed by atoms with Crippen LogP contribution in [0.4, 0.5) is 5.82 Å². The van der Waals surface area contributed by atoms with Crippen LogP contribution in [-0.2, 0) is 13.0 Å². The molecule has 0 amide bonds. The summed E-state index contributed by atoms with van der Waals surface area (Å²) in [5.41, 5.74) is 6.84. The van der Waals surface area contributed by atoms with Crippen molar-refractivity contribution in [2.45, 2.75) is 33.7 Å². The fourth-order valence-corrected chi connectivity index (χ4v) is 1.33. The van der Waals surface area contributed by atoms with Crippen LogP contribution in [0.5, 0.6) is 0 Å². The molecule has 0 radical (unpaired) electrons. The SMILES string of the molecule is CCn1nc(N)cc1CC(C)C. The van der Waals surface area contributed by atoms with E-state index in [-0.39, 0.29) is 0 Å². The summed E-state index contributed by atoms with van der Waals surface area (Å²) in [6.07, 6.45) is 1.05. The molecule has 0 aliphatic rings. The van der Waals surface area contributed by atoms with Gasteiger partial charge in [0.05, 0.1) is 0 Å². The highest BCUT2D eigenvalue weighted by Crippen LogP contribution is 2.11. The topological polar surface area (TPSA) is 43.8 Å². The summed E-state index contributed by atoms with van der Waals surface area (Å²) in [7, 11) is 0. The first-order chi connectivity index (χ1) is 5.63. The smallest absolute Gasteiger partial charge is 0.145 e. The average molecular weight is 167 g/mol. The minimum absolute atomic E-state index is 0.632. The number of anilines is 1. The molecule has 0 aliphatic heterocycles. The first-order valence-electron chi connectivity index (χ1n) is 4.45. The van der Waals surface area contributed by atoms with Gasteiger partial charge >= 0.3 is 0 Å². The molecule has 12 heavy (non-hydrogen) atoms. The summed E-state index contributed by atoms with van der Waals surface area (Å²) in [5, 5.41) is 4.18. The van der Waals surface area contributed by atoms with Gasteiger partial charge in [0.2, 0.25) is 0 Å². The number of rotatable bonds is 3. The van der Waals surface area contributed by atoms with Crippen molar-refractivity contribution in [1.29, 1.82) is 0 Å². The third-order valence-corrected chi connectivity index (χ3v) is 1.80. The minimum atomic E-state index is 0.632. The quantitative estimate of drug-likeness (QED) is 0.744. The lowest BCUT2D eigenvalue weighted by molar-refractivity contribution is 0.564. The molecule has 3 heteroatoms. The molecule has 0 fully saturated rings. The van der Waals surface area contributed by atoms with Crippen LogP contribution in [0.25, 0.3) is 0 Å². The summed E-state index contributed by atoms with van der Waals surface area (Å²) >= 11 is 0. The molecule has 0 bridgehead atoms. The van der Waals surface area contributed by atoms with Crippen LogP contribution in [0.1, 0.15) is 26.5 Å². The summed E-state index contributed by atoms with van der Waals surface area (Å²) in [6.45, 7) is 7.38.